The molecular formula is C18H31IN4O. The summed E-state index contributed by atoms with van der Waals surface area (Å²) in [5.41, 5.74) is 1.34. The van der Waals surface area contributed by atoms with E-state index in [0.29, 0.717) is 0 Å². The number of likely N-dealkylation sites (N-methyl/N-ethyl adjacent to an activating group) is 1. The zero-order valence-corrected chi connectivity index (χ0v) is 17.4. The Morgan fingerprint density at radius 1 is 1.08 bits per heavy atom. The van der Waals surface area contributed by atoms with E-state index in [2.05, 4.69) is 46.8 Å². The number of nitrogens with one attached hydrogen (secondary N) is 2. The molecular weight excluding hydrogens is 415 g/mol. The summed E-state index contributed by atoms with van der Waals surface area (Å²) in [4.78, 5) is 17.6. The maximum absolute atomic E-state index is 11.7. The van der Waals surface area contributed by atoms with Gasteiger partial charge < -0.3 is 15.5 Å². The summed E-state index contributed by atoms with van der Waals surface area (Å²) in [5.74, 6) is 0.729. The van der Waals surface area contributed by atoms with Gasteiger partial charge >= 0.3 is 0 Å². The van der Waals surface area contributed by atoms with E-state index < -0.39 is 0 Å². The van der Waals surface area contributed by atoms with Gasteiger partial charge in [-0.3, -0.25) is 4.79 Å². The maximum Gasteiger partial charge on any atom is 0.243 e. The molecule has 0 aliphatic heterocycles. The minimum atomic E-state index is 0. The number of guanidine groups is 1. The van der Waals surface area contributed by atoms with Gasteiger partial charge in [0.15, 0.2) is 5.96 Å². The quantitative estimate of drug-likeness (QED) is 0.266. The molecule has 0 aliphatic rings. The highest BCUT2D eigenvalue weighted by molar-refractivity contribution is 14.0. The van der Waals surface area contributed by atoms with Gasteiger partial charge in [-0.15, -0.1) is 24.0 Å². The van der Waals surface area contributed by atoms with Crippen LogP contribution in [0.2, 0.25) is 0 Å². The number of carbonyl (C=O) groups is 1. The molecule has 0 bridgehead atoms. The van der Waals surface area contributed by atoms with E-state index in [1.54, 1.807) is 19.0 Å². The molecule has 0 heterocycles. The molecule has 1 aromatic carbocycles. The van der Waals surface area contributed by atoms with Gasteiger partial charge in [-0.25, -0.2) is 4.99 Å². The van der Waals surface area contributed by atoms with Crippen molar-refractivity contribution in [2.75, 3.05) is 33.7 Å². The number of hydrogen-bond acceptors (Lipinski definition) is 2. The van der Waals surface area contributed by atoms with E-state index >= 15 is 0 Å². The fourth-order valence-electron chi connectivity index (χ4n) is 1.99. The van der Waals surface area contributed by atoms with Crippen LogP contribution in [-0.2, 0) is 11.2 Å². The fraction of sp³-hybridized carbons (Fsp3) is 0.556. The van der Waals surface area contributed by atoms with Crippen LogP contribution in [0.3, 0.4) is 0 Å². The Labute approximate surface area is 163 Å². The van der Waals surface area contributed by atoms with Gasteiger partial charge in [-0.2, -0.15) is 0 Å². The Balaban J connectivity index is 0.00000529. The number of halogens is 1. The molecule has 0 spiro atoms. The topological polar surface area (TPSA) is 56.7 Å². The lowest BCUT2D eigenvalue weighted by Crippen LogP contribution is -2.39. The van der Waals surface area contributed by atoms with Gasteiger partial charge in [0, 0.05) is 27.2 Å². The second-order valence-electron chi connectivity index (χ2n) is 5.75. The Morgan fingerprint density at radius 2 is 1.71 bits per heavy atom. The number of benzene rings is 1. The molecule has 0 fully saturated rings. The van der Waals surface area contributed by atoms with E-state index in [1.165, 1.54) is 5.56 Å². The second-order valence-corrected chi connectivity index (χ2v) is 5.75. The third kappa shape index (κ3) is 10.5. The van der Waals surface area contributed by atoms with Crippen LogP contribution in [0.1, 0.15) is 31.7 Å². The first-order valence-electron chi connectivity index (χ1n) is 8.39. The van der Waals surface area contributed by atoms with Crippen LogP contribution in [0, 0.1) is 0 Å². The molecule has 0 saturated carbocycles. The minimum absolute atomic E-state index is 0. The largest absolute Gasteiger partial charge is 0.356 e. The summed E-state index contributed by atoms with van der Waals surface area (Å²) < 4.78 is 0. The number of nitrogens with zero attached hydrogens (tertiary/aromatic N) is 2. The summed E-state index contributed by atoms with van der Waals surface area (Å²) in [6.07, 6.45) is 4.28. The van der Waals surface area contributed by atoms with Crippen molar-refractivity contribution in [1.29, 1.82) is 0 Å². The van der Waals surface area contributed by atoms with E-state index in [9.17, 15) is 4.79 Å². The van der Waals surface area contributed by atoms with Crippen LogP contribution in [-0.4, -0.2) is 50.5 Å². The number of carbonyl (C=O) groups excluding carboxylic acids is 1. The smallest absolute Gasteiger partial charge is 0.243 e. The molecule has 1 amide bonds. The van der Waals surface area contributed by atoms with Gasteiger partial charge in [0.1, 0.15) is 6.54 Å². The molecule has 0 aromatic heterocycles. The first-order chi connectivity index (χ1) is 11.1. The summed E-state index contributed by atoms with van der Waals surface area (Å²) >= 11 is 0. The molecule has 24 heavy (non-hydrogen) atoms. The van der Waals surface area contributed by atoms with Gasteiger partial charge in [-0.05, 0) is 24.8 Å². The first-order valence-corrected chi connectivity index (χ1v) is 8.39. The fourth-order valence-corrected chi connectivity index (χ4v) is 1.99. The summed E-state index contributed by atoms with van der Waals surface area (Å²) in [6, 6.07) is 10.4. The van der Waals surface area contributed by atoms with Crippen molar-refractivity contribution in [3.05, 3.63) is 35.9 Å². The first kappa shape index (κ1) is 22.7. The third-order valence-electron chi connectivity index (χ3n) is 3.47. The molecule has 1 rings (SSSR count). The molecule has 1 aromatic rings. The van der Waals surface area contributed by atoms with E-state index in [1.807, 2.05) is 6.07 Å². The molecule has 0 unspecified atom stereocenters. The summed E-state index contributed by atoms with van der Waals surface area (Å²) in [5, 5.41) is 6.59. The molecule has 5 nitrogen and oxygen atoms in total. The van der Waals surface area contributed by atoms with Crippen molar-refractivity contribution in [2.45, 2.75) is 32.6 Å². The standard InChI is InChI=1S/C18H30N4O.HI/c1-4-5-13-19-18(21-15-17(23)22(2)3)20-14-9-12-16-10-7-6-8-11-16;/h6-8,10-11H,4-5,9,12-15H2,1-3H3,(H2,19,20,21);1H. The second kappa shape index (κ2) is 14.1. The lowest BCUT2D eigenvalue weighted by molar-refractivity contribution is -0.127. The van der Waals surface area contributed by atoms with Crippen LogP contribution in [0.5, 0.6) is 0 Å². The number of aryl methyl sites for hydroxylation is 1. The van der Waals surface area contributed by atoms with Crippen LogP contribution in [0.25, 0.3) is 0 Å². The average molecular weight is 446 g/mol. The lowest BCUT2D eigenvalue weighted by Gasteiger charge is -2.13. The van der Waals surface area contributed by atoms with Crippen LogP contribution in [0.15, 0.2) is 35.3 Å². The van der Waals surface area contributed by atoms with Crippen LogP contribution in [0.4, 0.5) is 0 Å². The van der Waals surface area contributed by atoms with E-state index in [4.69, 9.17) is 0 Å². The van der Waals surface area contributed by atoms with E-state index in [-0.39, 0.29) is 36.4 Å². The normalized spacial score (nSPS) is 10.7. The van der Waals surface area contributed by atoms with Crippen molar-refractivity contribution < 1.29 is 4.79 Å². The molecule has 6 heteroatoms. The Morgan fingerprint density at radius 3 is 2.29 bits per heavy atom. The number of aliphatic imine (C=N–C) groups is 1. The lowest BCUT2D eigenvalue weighted by atomic mass is 10.1. The van der Waals surface area contributed by atoms with Crippen LogP contribution >= 0.6 is 24.0 Å². The molecule has 0 radical (unpaired) electrons. The van der Waals surface area contributed by atoms with Crippen molar-refractivity contribution in [3.8, 4) is 0 Å². The monoisotopic (exact) mass is 446 g/mol. The Bertz CT molecular complexity index is 477. The highest BCUT2D eigenvalue weighted by atomic mass is 127. The third-order valence-corrected chi connectivity index (χ3v) is 3.47. The number of unbranched alkanes of at least 4 members (excludes halogenated alkanes) is 1. The SMILES string of the molecule is CCCCNC(=NCC(=O)N(C)C)NCCCc1ccccc1.I. The van der Waals surface area contributed by atoms with Crippen molar-refractivity contribution in [1.82, 2.24) is 15.5 Å². The highest BCUT2D eigenvalue weighted by Crippen LogP contribution is 2.01. The van der Waals surface area contributed by atoms with Crippen molar-refractivity contribution in [2.24, 2.45) is 4.99 Å². The molecule has 2 N–H and O–H groups in total. The average Bonchev–Trinajstić information content (AvgIpc) is 2.56. The number of hydrogen-bond donors (Lipinski definition) is 2. The van der Waals surface area contributed by atoms with Gasteiger partial charge in [0.2, 0.25) is 5.91 Å². The molecule has 0 aliphatic carbocycles. The molecule has 0 atom stereocenters. The summed E-state index contributed by atoms with van der Waals surface area (Å²) in [7, 11) is 3.49. The predicted molar refractivity (Wildman–Crippen MR) is 112 cm³/mol. The van der Waals surface area contributed by atoms with Gasteiger partial charge in [0.05, 0.1) is 0 Å². The van der Waals surface area contributed by atoms with Crippen molar-refractivity contribution in [3.63, 3.8) is 0 Å². The number of rotatable bonds is 9. The zero-order valence-electron chi connectivity index (χ0n) is 15.0. The molecule has 136 valence electrons. The van der Waals surface area contributed by atoms with Gasteiger partial charge in [0.25, 0.3) is 0 Å². The predicted octanol–water partition coefficient (Wildman–Crippen LogP) is 2.66. The number of amides is 1. The van der Waals surface area contributed by atoms with E-state index in [0.717, 1.165) is 44.7 Å². The van der Waals surface area contributed by atoms with Crippen molar-refractivity contribution >= 4 is 35.8 Å². The highest BCUT2D eigenvalue weighted by Gasteiger charge is 2.04. The van der Waals surface area contributed by atoms with Gasteiger partial charge in [-0.1, -0.05) is 43.7 Å². The zero-order chi connectivity index (χ0) is 16.9. The summed E-state index contributed by atoms with van der Waals surface area (Å²) in [6.45, 7) is 4.04. The Hall–Kier alpha value is -1.31. The maximum atomic E-state index is 11.7. The van der Waals surface area contributed by atoms with Crippen LogP contribution < -0.4 is 10.6 Å². The molecule has 0 saturated heterocycles. The Kier molecular flexibility index (Phi) is 13.3. The minimum Gasteiger partial charge on any atom is -0.356 e.